The van der Waals surface area contributed by atoms with E-state index in [1.807, 2.05) is 17.8 Å². The molecule has 0 aliphatic heterocycles. The van der Waals surface area contributed by atoms with Crippen LogP contribution in [0.2, 0.25) is 0 Å². The van der Waals surface area contributed by atoms with Crippen LogP contribution in [0, 0.1) is 11.8 Å². The van der Waals surface area contributed by atoms with E-state index in [1.165, 1.54) is 15.3 Å². The molecule has 0 fully saturated rings. The van der Waals surface area contributed by atoms with E-state index >= 15 is 0 Å². The maximum Gasteiger partial charge on any atom is 0.104 e. The Bertz CT molecular complexity index is 636. The Morgan fingerprint density at radius 3 is 2.48 bits per heavy atom. The van der Waals surface area contributed by atoms with Crippen LogP contribution in [0.15, 0.2) is 40.6 Å². The summed E-state index contributed by atoms with van der Waals surface area (Å²) in [6, 6.07) is 10.8. The van der Waals surface area contributed by atoms with E-state index in [2.05, 4.69) is 62.3 Å². The minimum atomic E-state index is -0.0866. The van der Waals surface area contributed by atoms with Crippen LogP contribution in [0.1, 0.15) is 36.8 Å². The number of benzene rings is 1. The fourth-order valence-electron chi connectivity index (χ4n) is 1.90. The van der Waals surface area contributed by atoms with Gasteiger partial charge in [0.05, 0.1) is 0 Å². The van der Waals surface area contributed by atoms with Crippen LogP contribution < -0.4 is 0 Å². The van der Waals surface area contributed by atoms with Gasteiger partial charge in [-0.1, -0.05) is 44.7 Å². The summed E-state index contributed by atoms with van der Waals surface area (Å²) in [6.45, 7) is 6.60. The number of hydrogen-bond acceptors (Lipinski definition) is 3. The molecule has 1 aromatic heterocycles. The third-order valence-electron chi connectivity index (χ3n) is 3.14. The van der Waals surface area contributed by atoms with Gasteiger partial charge in [0, 0.05) is 21.1 Å². The van der Waals surface area contributed by atoms with Gasteiger partial charge in [-0.05, 0) is 34.6 Å². The van der Waals surface area contributed by atoms with E-state index in [9.17, 15) is 0 Å². The molecule has 0 spiro atoms. The zero-order valence-corrected chi connectivity index (χ0v) is 14.3. The zero-order chi connectivity index (χ0) is 15.3. The largest absolute Gasteiger partial charge is 0.384 e. The van der Waals surface area contributed by atoms with Crippen molar-refractivity contribution in [2.45, 2.75) is 36.8 Å². The van der Waals surface area contributed by atoms with Gasteiger partial charge in [-0.15, -0.1) is 23.1 Å². The van der Waals surface area contributed by atoms with Crippen LogP contribution in [-0.2, 0) is 11.2 Å². The van der Waals surface area contributed by atoms with Crippen LogP contribution in [-0.4, -0.2) is 11.7 Å². The summed E-state index contributed by atoms with van der Waals surface area (Å²) in [5.74, 6) is 6.64. The highest BCUT2D eigenvalue weighted by molar-refractivity contribution is 7.98. The SMILES string of the molecule is CC(C)(C)c1ccc(SCc2sccc2C#CCO)cc1. The fraction of sp³-hybridized carbons (Fsp3) is 0.333. The molecule has 0 atom stereocenters. The van der Waals surface area contributed by atoms with Crippen LogP contribution in [0.5, 0.6) is 0 Å². The molecule has 0 unspecified atom stereocenters. The van der Waals surface area contributed by atoms with E-state index in [1.54, 1.807) is 11.3 Å². The molecule has 0 saturated carbocycles. The Morgan fingerprint density at radius 1 is 1.14 bits per heavy atom. The van der Waals surface area contributed by atoms with Crippen LogP contribution in [0.25, 0.3) is 0 Å². The predicted octanol–water partition coefficient (Wildman–Crippen LogP) is 4.68. The minimum absolute atomic E-state index is 0.0866. The first kappa shape index (κ1) is 16.2. The molecular weight excluding hydrogens is 296 g/mol. The van der Waals surface area contributed by atoms with E-state index < -0.39 is 0 Å². The lowest BCUT2D eigenvalue weighted by atomic mass is 9.87. The van der Waals surface area contributed by atoms with Crippen molar-refractivity contribution in [2.75, 3.05) is 6.61 Å². The van der Waals surface area contributed by atoms with Gasteiger partial charge in [-0.2, -0.15) is 0 Å². The quantitative estimate of drug-likeness (QED) is 0.655. The molecule has 3 heteroatoms. The molecule has 0 saturated heterocycles. The lowest BCUT2D eigenvalue weighted by molar-refractivity contribution is 0.350. The van der Waals surface area contributed by atoms with Gasteiger partial charge in [0.25, 0.3) is 0 Å². The molecular formula is C18H20OS2. The van der Waals surface area contributed by atoms with Crippen molar-refractivity contribution < 1.29 is 5.11 Å². The summed E-state index contributed by atoms with van der Waals surface area (Å²) >= 11 is 3.55. The maximum absolute atomic E-state index is 8.78. The summed E-state index contributed by atoms with van der Waals surface area (Å²) in [5, 5.41) is 10.8. The zero-order valence-electron chi connectivity index (χ0n) is 12.6. The summed E-state index contributed by atoms with van der Waals surface area (Å²) < 4.78 is 0. The molecule has 110 valence electrons. The third-order valence-corrected chi connectivity index (χ3v) is 5.28. The van der Waals surface area contributed by atoms with Gasteiger partial charge in [0.1, 0.15) is 6.61 Å². The second-order valence-electron chi connectivity index (χ2n) is 5.78. The van der Waals surface area contributed by atoms with Gasteiger partial charge in [0.2, 0.25) is 0 Å². The van der Waals surface area contributed by atoms with Gasteiger partial charge in [-0.25, -0.2) is 0 Å². The molecule has 2 aromatic rings. The van der Waals surface area contributed by atoms with Gasteiger partial charge >= 0.3 is 0 Å². The molecule has 1 nitrogen and oxygen atoms in total. The Balaban J connectivity index is 2.02. The van der Waals surface area contributed by atoms with Crippen molar-refractivity contribution in [2.24, 2.45) is 0 Å². The number of hydrogen-bond donors (Lipinski definition) is 1. The van der Waals surface area contributed by atoms with Gasteiger partial charge in [0.15, 0.2) is 0 Å². The van der Waals surface area contributed by atoms with Crippen molar-refractivity contribution in [1.29, 1.82) is 0 Å². The van der Waals surface area contributed by atoms with Crippen molar-refractivity contribution in [3.05, 3.63) is 51.7 Å². The average Bonchev–Trinajstić information content (AvgIpc) is 2.90. The van der Waals surface area contributed by atoms with E-state index in [4.69, 9.17) is 5.11 Å². The van der Waals surface area contributed by atoms with Gasteiger partial charge < -0.3 is 5.11 Å². The molecule has 1 aromatic carbocycles. The van der Waals surface area contributed by atoms with Crippen molar-refractivity contribution in [3.8, 4) is 11.8 Å². The monoisotopic (exact) mass is 316 g/mol. The van der Waals surface area contributed by atoms with Crippen molar-refractivity contribution in [1.82, 2.24) is 0 Å². The Labute approximate surface area is 135 Å². The van der Waals surface area contributed by atoms with E-state index in [0.717, 1.165) is 11.3 Å². The van der Waals surface area contributed by atoms with Crippen LogP contribution >= 0.6 is 23.1 Å². The molecule has 0 aliphatic rings. The molecule has 0 radical (unpaired) electrons. The lowest BCUT2D eigenvalue weighted by Crippen LogP contribution is -2.10. The minimum Gasteiger partial charge on any atom is -0.384 e. The Morgan fingerprint density at radius 2 is 1.86 bits per heavy atom. The molecule has 1 heterocycles. The average molecular weight is 316 g/mol. The van der Waals surface area contributed by atoms with Crippen molar-refractivity contribution >= 4 is 23.1 Å². The highest BCUT2D eigenvalue weighted by Gasteiger charge is 2.13. The number of aliphatic hydroxyl groups is 1. The number of rotatable bonds is 3. The van der Waals surface area contributed by atoms with Crippen LogP contribution in [0.3, 0.4) is 0 Å². The van der Waals surface area contributed by atoms with E-state index in [0.29, 0.717) is 0 Å². The third kappa shape index (κ3) is 4.64. The highest BCUT2D eigenvalue weighted by Crippen LogP contribution is 2.29. The predicted molar refractivity (Wildman–Crippen MR) is 93.0 cm³/mol. The first-order valence-electron chi connectivity index (χ1n) is 6.90. The van der Waals surface area contributed by atoms with Crippen molar-refractivity contribution in [3.63, 3.8) is 0 Å². The molecule has 2 rings (SSSR count). The van der Waals surface area contributed by atoms with Gasteiger partial charge in [-0.3, -0.25) is 0 Å². The Hall–Kier alpha value is -1.21. The molecule has 1 N–H and O–H groups in total. The van der Waals surface area contributed by atoms with E-state index in [-0.39, 0.29) is 12.0 Å². The van der Waals surface area contributed by atoms with Crippen LogP contribution in [0.4, 0.5) is 0 Å². The first-order chi connectivity index (χ1) is 10.0. The summed E-state index contributed by atoms with van der Waals surface area (Å²) in [4.78, 5) is 2.54. The first-order valence-corrected chi connectivity index (χ1v) is 8.76. The number of thioether (sulfide) groups is 1. The summed E-state index contributed by atoms with van der Waals surface area (Å²) in [7, 11) is 0. The smallest absolute Gasteiger partial charge is 0.104 e. The molecule has 0 bridgehead atoms. The standard InChI is InChI=1S/C18H20OS2/c1-18(2,3)15-6-8-16(9-7-15)21-13-17-14(5-4-11-19)10-12-20-17/h6-10,12,19H,11,13H2,1-3H3. The second kappa shape index (κ2) is 7.17. The topological polar surface area (TPSA) is 20.2 Å². The number of aliphatic hydroxyl groups excluding tert-OH is 1. The number of thiophene rings is 1. The fourth-order valence-corrected chi connectivity index (χ4v) is 3.74. The lowest BCUT2D eigenvalue weighted by Gasteiger charge is -2.19. The molecule has 21 heavy (non-hydrogen) atoms. The molecule has 0 aliphatic carbocycles. The maximum atomic E-state index is 8.78. The highest BCUT2D eigenvalue weighted by atomic mass is 32.2. The normalized spacial score (nSPS) is 11.0. The molecule has 0 amide bonds. The Kier molecular flexibility index (Phi) is 5.52. The summed E-state index contributed by atoms with van der Waals surface area (Å²) in [6.07, 6.45) is 0. The second-order valence-corrected chi connectivity index (χ2v) is 7.83. The summed E-state index contributed by atoms with van der Waals surface area (Å²) in [5.41, 5.74) is 2.59.